The van der Waals surface area contributed by atoms with Crippen LogP contribution in [0.15, 0.2) is 54.6 Å². The number of aliphatic hydroxyl groups is 2. The largest absolute Gasteiger partial charge is 0.393 e. The predicted octanol–water partition coefficient (Wildman–Crippen LogP) is -1.13. The molecule has 1 saturated heterocycles. The number of hydrogen-bond acceptors (Lipinski definition) is 18. The first-order chi connectivity index (χ1) is 40.4. The smallest absolute Gasteiger partial charge is 0.319 e. The van der Waals surface area contributed by atoms with Crippen LogP contribution in [0.5, 0.6) is 0 Å². The van der Waals surface area contributed by atoms with E-state index in [2.05, 4.69) is 42.5 Å². The summed E-state index contributed by atoms with van der Waals surface area (Å²) >= 11 is 6.18. The molecule has 27 heteroatoms. The highest BCUT2D eigenvalue weighted by Gasteiger charge is 2.38. The van der Waals surface area contributed by atoms with Gasteiger partial charge in [-0.1, -0.05) is 67.9 Å². The van der Waals surface area contributed by atoms with Crippen LogP contribution in [0.25, 0.3) is 0 Å². The van der Waals surface area contributed by atoms with E-state index in [0.717, 1.165) is 0 Å². The molecule has 0 aliphatic carbocycles. The van der Waals surface area contributed by atoms with Crippen LogP contribution >= 0.6 is 11.6 Å². The Morgan fingerprint density at radius 3 is 1.69 bits per heavy atom. The number of halogens is 1. The molecule has 0 radical (unpaired) electrons. The van der Waals surface area contributed by atoms with Crippen molar-refractivity contribution in [3.8, 4) is 0 Å². The van der Waals surface area contributed by atoms with Crippen LogP contribution in [0, 0.1) is 29.6 Å². The Morgan fingerprint density at radius 2 is 1.13 bits per heavy atom. The normalized spacial score (nSPS) is 22.7. The average molecular weight is 1210 g/mol. The summed E-state index contributed by atoms with van der Waals surface area (Å²) in [7, 11) is 0. The maximum Gasteiger partial charge on any atom is 0.319 e. The number of carbonyl (C=O) groups excluding carboxylic acids is 11. The highest BCUT2D eigenvalue weighted by atomic mass is 35.5. The topological polar surface area (TPSA) is 455 Å². The third-order valence-corrected chi connectivity index (χ3v) is 14.9. The Kier molecular flexibility index (Phi) is 32.1. The van der Waals surface area contributed by atoms with Crippen LogP contribution < -0.4 is 71.2 Å². The van der Waals surface area contributed by atoms with Crippen molar-refractivity contribution in [2.45, 2.75) is 153 Å². The molecule has 12 atom stereocenters. The zero-order valence-corrected chi connectivity index (χ0v) is 49.8. The van der Waals surface area contributed by atoms with Gasteiger partial charge in [0.05, 0.1) is 58.9 Å². The predicted molar refractivity (Wildman–Crippen MR) is 318 cm³/mol. The van der Waals surface area contributed by atoms with Crippen LogP contribution in [0.3, 0.4) is 0 Å². The molecule has 85 heavy (non-hydrogen) atoms. The summed E-state index contributed by atoms with van der Waals surface area (Å²) < 4.78 is 0. The van der Waals surface area contributed by atoms with Gasteiger partial charge in [-0.2, -0.15) is 0 Å². The van der Waals surface area contributed by atoms with Crippen molar-refractivity contribution in [2.24, 2.45) is 58.3 Å². The second-order valence-electron chi connectivity index (χ2n) is 22.0. The molecule has 472 valence electrons. The van der Waals surface area contributed by atoms with Gasteiger partial charge >= 0.3 is 6.03 Å². The zero-order valence-electron chi connectivity index (χ0n) is 49.1. The van der Waals surface area contributed by atoms with E-state index in [0.29, 0.717) is 5.56 Å². The quantitative estimate of drug-likeness (QED) is 0.0530. The molecule has 0 aromatic heterocycles. The molecule has 20 N–H and O–H groups in total. The molecule has 26 nitrogen and oxygen atoms in total. The summed E-state index contributed by atoms with van der Waals surface area (Å²) in [6.07, 6.45) is -6.09. The average Bonchev–Trinajstić information content (AvgIpc) is 3.57. The van der Waals surface area contributed by atoms with Crippen molar-refractivity contribution >= 4 is 81.9 Å². The summed E-state index contributed by atoms with van der Waals surface area (Å²) in [5.41, 5.74) is 30.4. The van der Waals surface area contributed by atoms with Gasteiger partial charge in [0, 0.05) is 44.1 Å². The Morgan fingerprint density at radius 1 is 0.612 bits per heavy atom. The van der Waals surface area contributed by atoms with Gasteiger partial charge in [0.25, 0.3) is 0 Å². The van der Waals surface area contributed by atoms with E-state index < -0.39 is 162 Å². The van der Waals surface area contributed by atoms with E-state index in [1.165, 1.54) is 19.9 Å². The highest BCUT2D eigenvalue weighted by Crippen LogP contribution is 2.23. The highest BCUT2D eigenvalue weighted by molar-refractivity contribution is 6.33. The minimum absolute atomic E-state index is 0.00188. The van der Waals surface area contributed by atoms with E-state index in [4.69, 9.17) is 40.3 Å². The van der Waals surface area contributed by atoms with Gasteiger partial charge in [0.1, 0.15) is 12.1 Å². The van der Waals surface area contributed by atoms with Crippen LogP contribution in [-0.2, 0) is 54.4 Å². The van der Waals surface area contributed by atoms with Crippen molar-refractivity contribution in [3.05, 3.63) is 65.2 Å². The van der Waals surface area contributed by atoms with Gasteiger partial charge in [0.2, 0.25) is 35.4 Å². The number of carbonyl (C=O) groups is 11. The number of benzene rings is 2. The molecule has 0 bridgehead atoms. The molecule has 2 aromatic carbocycles. The number of aliphatic hydroxyl groups excluding tert-OH is 2. The van der Waals surface area contributed by atoms with Crippen molar-refractivity contribution < 1.29 is 63.0 Å². The second kappa shape index (κ2) is 37.6. The molecule has 0 saturated carbocycles. The van der Waals surface area contributed by atoms with E-state index in [1.54, 1.807) is 48.5 Å². The van der Waals surface area contributed by atoms with E-state index >= 15 is 0 Å². The fourth-order valence-electron chi connectivity index (χ4n) is 9.78. The first-order valence-corrected chi connectivity index (χ1v) is 29.4. The van der Waals surface area contributed by atoms with Crippen molar-refractivity contribution in [3.63, 3.8) is 0 Å². The Hall–Kier alpha value is -6.78. The van der Waals surface area contributed by atoms with Crippen molar-refractivity contribution in [2.75, 3.05) is 44.6 Å². The number of Topliss-reactive ketones (excluding diaryl/α,β-unsaturated/α-hetero) is 4. The van der Waals surface area contributed by atoms with Gasteiger partial charge < -0.3 is 81.4 Å². The van der Waals surface area contributed by atoms with Gasteiger partial charge in [-0.3, -0.25) is 47.9 Å². The minimum atomic E-state index is -1.48. The summed E-state index contributed by atoms with van der Waals surface area (Å²) in [5, 5.41) is 43.0. The molecule has 3 rings (SSSR count). The zero-order chi connectivity index (χ0) is 63.3. The van der Waals surface area contributed by atoms with Crippen molar-refractivity contribution in [1.82, 2.24) is 37.2 Å². The maximum absolute atomic E-state index is 14.6. The lowest BCUT2D eigenvalue weighted by Gasteiger charge is -2.28. The van der Waals surface area contributed by atoms with E-state index in [-0.39, 0.29) is 107 Å². The summed E-state index contributed by atoms with van der Waals surface area (Å²) in [6.45, 7) is 5.24. The first-order valence-electron chi connectivity index (χ1n) is 29.0. The molecule has 1 fully saturated rings. The Bertz CT molecular complexity index is 2560. The number of amides is 8. The van der Waals surface area contributed by atoms with Gasteiger partial charge in [-0.25, -0.2) is 4.79 Å². The molecule has 1 heterocycles. The standard InChI is InChI=1S/C58H90ClN13O13/c1-32(2)26-47-57(84)69-46(18-24-64)56(83)68-44(16-22-62)50(77)30-38(33(3)73)54(81)65-25-19-36(52(79)66-42(14-20-60)49(76)29-37(53(80)70-47)27-35-10-6-5-7-11-35)28-48(75)43(15-21-61)67-55(82)39(34(4)74)31-51(78)45(17-23-63)72-58(85)71-41-13-9-8-12-40(41)59/h5-13,32-34,36-39,42-47,73-74H,14-31,60-64H2,1-4H3,(H,65,81)(H,66,79)(H,67,82)(H,68,83)(H,69,84)(H,70,80)(H2,71,72,85)/t33?,34?,36-,37+,38+,39+,42+,43+,44+,45+,46+,47+/m1/s1. The van der Waals surface area contributed by atoms with Gasteiger partial charge in [-0.15, -0.1) is 0 Å². The SMILES string of the molecule is CC(C)C[C@@H]1NC(=O)[C@@H](Cc2ccccc2)CC(=O)[C@H](CCN)NC(=O)[C@@H](CC(=O)[C@H](CCN)NC(=O)[C@@H](CC(=O)[C@H](CCN)NC(=O)Nc2ccccc2Cl)C(C)O)CCNC(=O)[C@H](C(C)O)CC(=O)[C@H](CCN)NC(=O)[C@H](CCN)NC1=O. The lowest BCUT2D eigenvalue weighted by Crippen LogP contribution is -2.57. The summed E-state index contributed by atoms with van der Waals surface area (Å²) in [5.74, 6) is -13.3. The fourth-order valence-corrected chi connectivity index (χ4v) is 9.96. The first kappa shape index (κ1) is 72.5. The monoisotopic (exact) mass is 1210 g/mol. The molecule has 1 aliphatic heterocycles. The summed E-state index contributed by atoms with van der Waals surface area (Å²) in [6, 6.07) is 6.46. The van der Waals surface area contributed by atoms with Crippen LogP contribution in [0.1, 0.15) is 104 Å². The Labute approximate surface area is 501 Å². The maximum atomic E-state index is 14.6. The number of nitrogens with one attached hydrogen (secondary N) is 8. The molecule has 0 spiro atoms. The third-order valence-electron chi connectivity index (χ3n) is 14.6. The molecule has 1 aliphatic rings. The molecule has 8 amide bonds. The lowest BCUT2D eigenvalue weighted by molar-refractivity contribution is -0.137. The molecular weight excluding hydrogens is 1120 g/mol. The number of urea groups is 1. The molecular formula is C58H90ClN13O13. The van der Waals surface area contributed by atoms with Crippen molar-refractivity contribution in [1.29, 1.82) is 0 Å². The van der Waals surface area contributed by atoms with Crippen LogP contribution in [-0.4, -0.2) is 163 Å². The van der Waals surface area contributed by atoms with Crippen LogP contribution in [0.4, 0.5) is 10.5 Å². The molecule has 2 aromatic rings. The number of nitrogens with two attached hydrogens (primary N) is 5. The molecule has 2 unspecified atom stereocenters. The number of ketones is 4. The second-order valence-corrected chi connectivity index (χ2v) is 22.4. The third kappa shape index (κ3) is 24.6. The number of hydrogen-bond donors (Lipinski definition) is 15. The number of para-hydroxylation sites is 1. The minimum Gasteiger partial charge on any atom is -0.393 e. The van der Waals surface area contributed by atoms with E-state index in [1.807, 2.05) is 13.8 Å². The fraction of sp³-hybridized carbons (Fsp3) is 0.603. The lowest BCUT2D eigenvalue weighted by atomic mass is 9.89. The number of anilines is 1. The van der Waals surface area contributed by atoms with Crippen LogP contribution in [0.2, 0.25) is 5.02 Å². The van der Waals surface area contributed by atoms with Gasteiger partial charge in [0.15, 0.2) is 23.1 Å². The Balaban J connectivity index is 2.08. The number of rotatable bonds is 26. The summed E-state index contributed by atoms with van der Waals surface area (Å²) in [4.78, 5) is 155. The van der Waals surface area contributed by atoms with E-state index in [9.17, 15) is 63.0 Å². The van der Waals surface area contributed by atoms with Gasteiger partial charge in [-0.05, 0) is 122 Å².